The van der Waals surface area contributed by atoms with Crippen LogP contribution in [0.25, 0.3) is 0 Å². The molecule has 3 heteroatoms. The summed E-state index contributed by atoms with van der Waals surface area (Å²) in [6.45, 7) is 6.37. The van der Waals surface area contributed by atoms with Crippen LogP contribution in [0.3, 0.4) is 0 Å². The highest BCUT2D eigenvalue weighted by molar-refractivity contribution is 5.43. The van der Waals surface area contributed by atoms with E-state index in [0.29, 0.717) is 6.54 Å². The molecule has 0 fully saturated rings. The predicted octanol–water partition coefficient (Wildman–Crippen LogP) is 2.10. The Kier molecular flexibility index (Phi) is 4.33. The molecule has 1 aromatic carbocycles. The van der Waals surface area contributed by atoms with E-state index in [2.05, 4.69) is 18.2 Å². The SMILES string of the molecule is Cc1cc(CCN)cc(C)c1OC(C)C#N. The summed E-state index contributed by atoms with van der Waals surface area (Å²) in [5.41, 5.74) is 8.87. The van der Waals surface area contributed by atoms with Gasteiger partial charge in [0.1, 0.15) is 11.8 Å². The molecule has 2 N–H and O–H groups in total. The average molecular weight is 218 g/mol. The van der Waals surface area contributed by atoms with Gasteiger partial charge in [0.2, 0.25) is 0 Å². The van der Waals surface area contributed by atoms with E-state index in [0.717, 1.165) is 23.3 Å². The highest BCUT2D eigenvalue weighted by Crippen LogP contribution is 2.25. The Balaban J connectivity index is 2.99. The zero-order chi connectivity index (χ0) is 12.1. The lowest BCUT2D eigenvalue weighted by Gasteiger charge is -2.15. The molecule has 0 aromatic heterocycles. The Bertz CT molecular complexity index is 384. The van der Waals surface area contributed by atoms with Gasteiger partial charge >= 0.3 is 0 Å². The lowest BCUT2D eigenvalue weighted by atomic mass is 10.0. The van der Waals surface area contributed by atoms with Crippen LogP contribution in [0.1, 0.15) is 23.6 Å². The average Bonchev–Trinajstić information content (AvgIpc) is 2.23. The molecule has 1 rings (SSSR count). The van der Waals surface area contributed by atoms with Crippen LogP contribution < -0.4 is 10.5 Å². The van der Waals surface area contributed by atoms with E-state index in [4.69, 9.17) is 15.7 Å². The van der Waals surface area contributed by atoms with Crippen LogP contribution in [0.2, 0.25) is 0 Å². The topological polar surface area (TPSA) is 59.0 Å². The van der Waals surface area contributed by atoms with Crippen LogP contribution in [-0.2, 0) is 6.42 Å². The lowest BCUT2D eigenvalue weighted by Crippen LogP contribution is -2.11. The molecule has 16 heavy (non-hydrogen) atoms. The van der Waals surface area contributed by atoms with E-state index in [1.54, 1.807) is 6.92 Å². The van der Waals surface area contributed by atoms with Crippen molar-refractivity contribution in [3.05, 3.63) is 28.8 Å². The molecular formula is C13H18N2O. The highest BCUT2D eigenvalue weighted by Gasteiger charge is 2.09. The number of nitrogens with two attached hydrogens (primary N) is 1. The van der Waals surface area contributed by atoms with Gasteiger partial charge in [-0.25, -0.2) is 0 Å². The minimum absolute atomic E-state index is 0.419. The number of hydrogen-bond acceptors (Lipinski definition) is 3. The second kappa shape index (κ2) is 5.53. The molecule has 0 radical (unpaired) electrons. The third-order valence-corrected chi connectivity index (χ3v) is 2.43. The molecule has 86 valence electrons. The molecule has 0 aliphatic heterocycles. The molecule has 0 bridgehead atoms. The molecule has 1 unspecified atom stereocenters. The first kappa shape index (κ1) is 12.5. The van der Waals surface area contributed by atoms with Gasteiger partial charge in [0.15, 0.2) is 6.10 Å². The van der Waals surface area contributed by atoms with Gasteiger partial charge in [-0.1, -0.05) is 12.1 Å². The van der Waals surface area contributed by atoms with Crippen molar-refractivity contribution in [3.8, 4) is 11.8 Å². The minimum Gasteiger partial charge on any atom is -0.475 e. The monoisotopic (exact) mass is 218 g/mol. The molecule has 3 nitrogen and oxygen atoms in total. The van der Waals surface area contributed by atoms with Gasteiger partial charge in [-0.3, -0.25) is 0 Å². The third-order valence-electron chi connectivity index (χ3n) is 2.43. The first-order valence-electron chi connectivity index (χ1n) is 5.45. The van der Waals surface area contributed by atoms with Crippen molar-refractivity contribution in [2.24, 2.45) is 5.73 Å². The van der Waals surface area contributed by atoms with Crippen LogP contribution in [-0.4, -0.2) is 12.6 Å². The molecule has 0 heterocycles. The standard InChI is InChI=1S/C13H18N2O/c1-9-6-12(4-5-14)7-10(2)13(9)16-11(3)8-15/h6-7,11H,4-5,14H2,1-3H3. The number of benzene rings is 1. The first-order valence-corrected chi connectivity index (χ1v) is 5.45. The van der Waals surface area contributed by atoms with Crippen LogP contribution in [0.4, 0.5) is 0 Å². The number of nitriles is 1. The fourth-order valence-corrected chi connectivity index (χ4v) is 1.74. The highest BCUT2D eigenvalue weighted by atomic mass is 16.5. The number of aryl methyl sites for hydroxylation is 2. The van der Waals surface area contributed by atoms with Crippen molar-refractivity contribution < 1.29 is 4.74 Å². The number of rotatable bonds is 4. The molecule has 1 atom stereocenters. The van der Waals surface area contributed by atoms with Gasteiger partial charge in [0.25, 0.3) is 0 Å². The summed E-state index contributed by atoms with van der Waals surface area (Å²) in [7, 11) is 0. The Hall–Kier alpha value is -1.53. The summed E-state index contributed by atoms with van der Waals surface area (Å²) >= 11 is 0. The van der Waals surface area contributed by atoms with Gasteiger partial charge in [-0.15, -0.1) is 0 Å². The van der Waals surface area contributed by atoms with Gasteiger partial charge in [-0.2, -0.15) is 5.26 Å². The van der Waals surface area contributed by atoms with E-state index in [-0.39, 0.29) is 0 Å². The van der Waals surface area contributed by atoms with Gasteiger partial charge in [0.05, 0.1) is 0 Å². The quantitative estimate of drug-likeness (QED) is 0.841. The van der Waals surface area contributed by atoms with Gasteiger partial charge in [-0.05, 0) is 50.4 Å². The summed E-state index contributed by atoms with van der Waals surface area (Å²) in [5, 5.41) is 8.73. The molecule has 0 spiro atoms. The maximum absolute atomic E-state index is 8.73. The molecule has 0 aliphatic rings. The van der Waals surface area contributed by atoms with Crippen molar-refractivity contribution in [1.82, 2.24) is 0 Å². The number of hydrogen-bond donors (Lipinski definition) is 1. The normalized spacial score (nSPS) is 11.9. The zero-order valence-electron chi connectivity index (χ0n) is 10.1. The Morgan fingerprint density at radius 1 is 1.38 bits per heavy atom. The second-order valence-corrected chi connectivity index (χ2v) is 3.99. The Labute approximate surface area is 96.8 Å². The van der Waals surface area contributed by atoms with E-state index in [9.17, 15) is 0 Å². The van der Waals surface area contributed by atoms with Crippen LogP contribution >= 0.6 is 0 Å². The predicted molar refractivity (Wildman–Crippen MR) is 64.4 cm³/mol. The fourth-order valence-electron chi connectivity index (χ4n) is 1.74. The Morgan fingerprint density at radius 3 is 2.38 bits per heavy atom. The zero-order valence-corrected chi connectivity index (χ0v) is 10.1. The summed E-state index contributed by atoms with van der Waals surface area (Å²) in [5.74, 6) is 0.815. The summed E-state index contributed by atoms with van der Waals surface area (Å²) in [4.78, 5) is 0. The van der Waals surface area contributed by atoms with Crippen LogP contribution in [0.15, 0.2) is 12.1 Å². The molecule has 1 aromatic rings. The summed E-state index contributed by atoms with van der Waals surface area (Å²) < 4.78 is 5.57. The molecule has 0 saturated heterocycles. The molecule has 0 saturated carbocycles. The third kappa shape index (κ3) is 2.98. The van der Waals surface area contributed by atoms with Crippen molar-refractivity contribution in [1.29, 1.82) is 5.26 Å². The van der Waals surface area contributed by atoms with Crippen LogP contribution in [0, 0.1) is 25.2 Å². The maximum atomic E-state index is 8.73. The van der Waals surface area contributed by atoms with Gasteiger partial charge < -0.3 is 10.5 Å². The van der Waals surface area contributed by atoms with Crippen molar-refractivity contribution in [2.75, 3.05) is 6.54 Å². The van der Waals surface area contributed by atoms with Crippen molar-refractivity contribution in [3.63, 3.8) is 0 Å². The Morgan fingerprint density at radius 2 is 1.94 bits per heavy atom. The molecular weight excluding hydrogens is 200 g/mol. The maximum Gasteiger partial charge on any atom is 0.181 e. The smallest absolute Gasteiger partial charge is 0.181 e. The number of ether oxygens (including phenoxy) is 1. The van der Waals surface area contributed by atoms with Crippen LogP contribution in [0.5, 0.6) is 5.75 Å². The molecule has 0 aliphatic carbocycles. The van der Waals surface area contributed by atoms with E-state index in [1.807, 2.05) is 13.8 Å². The van der Waals surface area contributed by atoms with E-state index >= 15 is 0 Å². The van der Waals surface area contributed by atoms with E-state index < -0.39 is 6.10 Å². The number of nitrogens with zero attached hydrogens (tertiary/aromatic N) is 1. The van der Waals surface area contributed by atoms with Gasteiger partial charge in [0, 0.05) is 0 Å². The second-order valence-electron chi connectivity index (χ2n) is 3.99. The largest absolute Gasteiger partial charge is 0.475 e. The summed E-state index contributed by atoms with van der Waals surface area (Å²) in [6.07, 6.45) is 0.452. The lowest BCUT2D eigenvalue weighted by molar-refractivity contribution is 0.272. The fraction of sp³-hybridized carbons (Fsp3) is 0.462. The van der Waals surface area contributed by atoms with Crippen molar-refractivity contribution >= 4 is 0 Å². The van der Waals surface area contributed by atoms with E-state index in [1.165, 1.54) is 5.56 Å². The minimum atomic E-state index is -0.419. The summed E-state index contributed by atoms with van der Waals surface area (Å²) in [6, 6.07) is 6.20. The molecule has 0 amide bonds. The van der Waals surface area contributed by atoms with Crippen molar-refractivity contribution in [2.45, 2.75) is 33.3 Å². The first-order chi connectivity index (χ1) is 7.58.